The number of aromatic nitrogens is 3. The molecule has 1 N–H and O–H groups in total. The number of pyridine rings is 1. The molecule has 1 aromatic carbocycles. The predicted molar refractivity (Wildman–Crippen MR) is 103 cm³/mol. The van der Waals surface area contributed by atoms with E-state index >= 15 is 0 Å². The Labute approximate surface area is 159 Å². The average Bonchev–Trinajstić information content (AvgIpc) is 2.70. The average molecular weight is 379 g/mol. The van der Waals surface area contributed by atoms with Crippen LogP contribution in [0.4, 0.5) is 11.4 Å². The van der Waals surface area contributed by atoms with Crippen LogP contribution in [0.1, 0.15) is 12.8 Å². The summed E-state index contributed by atoms with van der Waals surface area (Å²) in [6.45, 7) is 0.292. The van der Waals surface area contributed by atoms with Crippen LogP contribution in [0.25, 0.3) is 11.3 Å². The molecule has 1 amide bonds. The van der Waals surface area contributed by atoms with Crippen LogP contribution in [0.15, 0.2) is 65.7 Å². The van der Waals surface area contributed by atoms with E-state index in [1.165, 1.54) is 35.0 Å². The molecule has 0 radical (unpaired) electrons. The molecule has 9 nitrogen and oxygen atoms in total. The second-order valence-electron chi connectivity index (χ2n) is 5.98. The largest absolute Gasteiger partial charge is 0.326 e. The number of hydrogen-bond donors (Lipinski definition) is 1. The highest BCUT2D eigenvalue weighted by Crippen LogP contribution is 2.16. The molecular formula is C19H17N5O4. The number of aryl methyl sites for hydroxylation is 1. The van der Waals surface area contributed by atoms with Crippen molar-refractivity contribution in [1.82, 2.24) is 14.8 Å². The minimum Gasteiger partial charge on any atom is -0.326 e. The number of carbonyl (C=O) groups excluding carboxylic acids is 1. The number of nitrogens with zero attached hydrogens (tertiary/aromatic N) is 4. The fraction of sp³-hybridized carbons (Fsp3) is 0.158. The summed E-state index contributed by atoms with van der Waals surface area (Å²) in [5.41, 5.74) is 1.61. The summed E-state index contributed by atoms with van der Waals surface area (Å²) in [4.78, 5) is 38.2. The number of benzene rings is 1. The van der Waals surface area contributed by atoms with Crippen molar-refractivity contribution in [2.45, 2.75) is 19.4 Å². The maximum absolute atomic E-state index is 12.0. The van der Waals surface area contributed by atoms with Gasteiger partial charge in [-0.15, -0.1) is 0 Å². The summed E-state index contributed by atoms with van der Waals surface area (Å²) in [6, 6.07) is 12.3. The maximum Gasteiger partial charge on any atom is 0.269 e. The van der Waals surface area contributed by atoms with Gasteiger partial charge in [0.1, 0.15) is 0 Å². The van der Waals surface area contributed by atoms with Crippen molar-refractivity contribution < 1.29 is 9.72 Å². The van der Waals surface area contributed by atoms with Gasteiger partial charge in [0.2, 0.25) is 5.91 Å². The van der Waals surface area contributed by atoms with Gasteiger partial charge in [-0.05, 0) is 36.8 Å². The van der Waals surface area contributed by atoms with Gasteiger partial charge in [0.15, 0.2) is 0 Å². The quantitative estimate of drug-likeness (QED) is 0.498. The first-order valence-corrected chi connectivity index (χ1v) is 8.56. The molecule has 0 bridgehead atoms. The van der Waals surface area contributed by atoms with E-state index in [-0.39, 0.29) is 23.6 Å². The monoisotopic (exact) mass is 379 g/mol. The standard InChI is InChI=1S/C19H17N5O4/c25-18(21-15-5-7-16(8-6-15)24(27)28)4-2-12-23-19(26)10-9-17(22-23)14-3-1-11-20-13-14/h1,3,5-11,13H,2,4,12H2,(H,21,25). The van der Waals surface area contributed by atoms with E-state index in [1.54, 1.807) is 24.5 Å². The Bertz CT molecular complexity index is 1030. The van der Waals surface area contributed by atoms with Crippen LogP contribution in [0.5, 0.6) is 0 Å². The Morgan fingerprint density at radius 3 is 2.61 bits per heavy atom. The van der Waals surface area contributed by atoms with Crippen LogP contribution < -0.4 is 10.9 Å². The summed E-state index contributed by atoms with van der Waals surface area (Å²) in [5.74, 6) is -0.245. The summed E-state index contributed by atoms with van der Waals surface area (Å²) in [7, 11) is 0. The number of non-ortho nitro benzene ring substituents is 1. The molecule has 0 fully saturated rings. The summed E-state index contributed by atoms with van der Waals surface area (Å²) >= 11 is 0. The van der Waals surface area contributed by atoms with E-state index in [0.29, 0.717) is 24.3 Å². The molecular weight excluding hydrogens is 362 g/mol. The summed E-state index contributed by atoms with van der Waals surface area (Å²) < 4.78 is 1.32. The Morgan fingerprint density at radius 1 is 1.14 bits per heavy atom. The zero-order valence-electron chi connectivity index (χ0n) is 14.8. The van der Waals surface area contributed by atoms with Gasteiger partial charge in [0.25, 0.3) is 11.2 Å². The molecule has 0 spiro atoms. The molecule has 3 rings (SSSR count). The third-order valence-corrected chi connectivity index (χ3v) is 3.96. The van der Waals surface area contributed by atoms with Crippen molar-refractivity contribution in [2.24, 2.45) is 0 Å². The normalized spacial score (nSPS) is 10.4. The Hall–Kier alpha value is -3.88. The number of amides is 1. The van der Waals surface area contributed by atoms with Gasteiger partial charge in [-0.2, -0.15) is 5.10 Å². The van der Waals surface area contributed by atoms with E-state index < -0.39 is 4.92 Å². The fourth-order valence-electron chi connectivity index (χ4n) is 2.56. The maximum atomic E-state index is 12.0. The number of rotatable bonds is 7. The number of nitrogens with one attached hydrogen (secondary N) is 1. The number of hydrogen-bond acceptors (Lipinski definition) is 6. The molecule has 2 aromatic heterocycles. The van der Waals surface area contributed by atoms with Gasteiger partial charge in [-0.1, -0.05) is 0 Å². The van der Waals surface area contributed by atoms with Crippen LogP contribution in [-0.4, -0.2) is 25.6 Å². The molecule has 0 aliphatic carbocycles. The van der Waals surface area contributed by atoms with Crippen molar-refractivity contribution in [1.29, 1.82) is 0 Å². The van der Waals surface area contributed by atoms with Gasteiger partial charge in [-0.3, -0.25) is 24.7 Å². The van der Waals surface area contributed by atoms with Crippen LogP contribution in [0, 0.1) is 10.1 Å². The Morgan fingerprint density at radius 2 is 1.93 bits per heavy atom. The second kappa shape index (κ2) is 8.67. The molecule has 0 aliphatic heterocycles. The lowest BCUT2D eigenvalue weighted by atomic mass is 10.2. The summed E-state index contributed by atoms with van der Waals surface area (Å²) in [6.07, 6.45) is 3.92. The van der Waals surface area contributed by atoms with Crippen molar-refractivity contribution >= 4 is 17.3 Å². The smallest absolute Gasteiger partial charge is 0.269 e. The molecule has 2 heterocycles. The second-order valence-corrected chi connectivity index (χ2v) is 5.98. The van der Waals surface area contributed by atoms with Crippen molar-refractivity contribution in [3.8, 4) is 11.3 Å². The SMILES string of the molecule is O=C(CCCn1nc(-c2cccnc2)ccc1=O)Nc1ccc([N+](=O)[O-])cc1. The minimum absolute atomic E-state index is 0.0445. The zero-order chi connectivity index (χ0) is 19.9. The molecule has 0 saturated carbocycles. The third-order valence-electron chi connectivity index (χ3n) is 3.96. The molecule has 0 unspecified atom stereocenters. The van der Waals surface area contributed by atoms with E-state index in [4.69, 9.17) is 0 Å². The van der Waals surface area contributed by atoms with E-state index in [1.807, 2.05) is 6.07 Å². The Balaban J connectivity index is 1.56. The number of anilines is 1. The molecule has 0 saturated heterocycles. The third kappa shape index (κ3) is 4.85. The lowest BCUT2D eigenvalue weighted by molar-refractivity contribution is -0.384. The van der Waals surface area contributed by atoms with Gasteiger partial charge in [0.05, 0.1) is 10.6 Å². The van der Waals surface area contributed by atoms with Crippen LogP contribution in [0.2, 0.25) is 0 Å². The lowest BCUT2D eigenvalue weighted by Crippen LogP contribution is -2.23. The number of carbonyl (C=O) groups is 1. The van der Waals surface area contributed by atoms with Crippen LogP contribution in [-0.2, 0) is 11.3 Å². The molecule has 9 heteroatoms. The van der Waals surface area contributed by atoms with Gasteiger partial charge in [0, 0.05) is 54.8 Å². The van der Waals surface area contributed by atoms with Gasteiger partial charge in [-0.25, -0.2) is 4.68 Å². The Kier molecular flexibility index (Phi) is 5.85. The van der Waals surface area contributed by atoms with E-state index in [9.17, 15) is 19.7 Å². The molecule has 142 valence electrons. The number of nitro groups is 1. The predicted octanol–water partition coefficient (Wildman–Crippen LogP) is 2.63. The zero-order valence-corrected chi connectivity index (χ0v) is 14.8. The van der Waals surface area contributed by atoms with Gasteiger partial charge < -0.3 is 5.32 Å². The fourth-order valence-corrected chi connectivity index (χ4v) is 2.56. The van der Waals surface area contributed by atoms with Crippen molar-refractivity contribution in [3.05, 3.63) is 81.4 Å². The van der Waals surface area contributed by atoms with Crippen molar-refractivity contribution in [2.75, 3.05) is 5.32 Å². The first-order valence-electron chi connectivity index (χ1n) is 8.56. The lowest BCUT2D eigenvalue weighted by Gasteiger charge is -2.08. The van der Waals surface area contributed by atoms with E-state index in [2.05, 4.69) is 15.4 Å². The summed E-state index contributed by atoms with van der Waals surface area (Å²) in [5, 5.41) is 17.6. The highest BCUT2D eigenvalue weighted by atomic mass is 16.6. The van der Waals surface area contributed by atoms with Crippen LogP contribution in [0.3, 0.4) is 0 Å². The molecule has 0 aliphatic rings. The first-order chi connectivity index (χ1) is 13.5. The topological polar surface area (TPSA) is 120 Å². The van der Waals surface area contributed by atoms with E-state index in [0.717, 1.165) is 5.56 Å². The first kappa shape index (κ1) is 18.9. The minimum atomic E-state index is -0.504. The molecule has 28 heavy (non-hydrogen) atoms. The van der Waals surface area contributed by atoms with Crippen molar-refractivity contribution in [3.63, 3.8) is 0 Å². The number of nitro benzene ring substituents is 1. The van der Waals surface area contributed by atoms with Crippen LogP contribution >= 0.6 is 0 Å². The van der Waals surface area contributed by atoms with Gasteiger partial charge >= 0.3 is 0 Å². The molecule has 0 atom stereocenters. The highest BCUT2D eigenvalue weighted by molar-refractivity contribution is 5.90. The highest BCUT2D eigenvalue weighted by Gasteiger charge is 2.08. The molecule has 3 aromatic rings.